The second-order valence-corrected chi connectivity index (χ2v) is 6.75. The standard InChI is InChI=1S/C19H13Cl2F3N2O2/c20-15-3-4-17(28-11-12-2-1-5-25-8-12)13(6-15)9-26-10-14(19(22,23)24)7-16(21)18(26)27/h1-8,10H,9,11H2. The van der Waals surface area contributed by atoms with E-state index in [2.05, 4.69) is 4.98 Å². The van der Waals surface area contributed by atoms with Crippen LogP contribution in [0.1, 0.15) is 16.7 Å². The summed E-state index contributed by atoms with van der Waals surface area (Å²) in [6.07, 6.45) is -0.652. The van der Waals surface area contributed by atoms with Gasteiger partial charge >= 0.3 is 6.18 Å². The van der Waals surface area contributed by atoms with Gasteiger partial charge in [0.1, 0.15) is 17.4 Å². The van der Waals surface area contributed by atoms with Crippen molar-refractivity contribution in [2.75, 3.05) is 0 Å². The molecule has 0 bridgehead atoms. The zero-order valence-electron chi connectivity index (χ0n) is 14.2. The van der Waals surface area contributed by atoms with Gasteiger partial charge in [-0.3, -0.25) is 9.78 Å². The van der Waals surface area contributed by atoms with Crippen LogP contribution < -0.4 is 10.3 Å². The Kier molecular flexibility index (Phi) is 5.96. The van der Waals surface area contributed by atoms with Crippen molar-refractivity contribution in [2.45, 2.75) is 19.3 Å². The molecule has 3 aromatic rings. The number of pyridine rings is 2. The Morgan fingerprint density at radius 1 is 1.14 bits per heavy atom. The van der Waals surface area contributed by atoms with Gasteiger partial charge in [-0.05, 0) is 30.3 Å². The molecule has 0 aliphatic rings. The topological polar surface area (TPSA) is 44.1 Å². The predicted octanol–water partition coefficient (Wildman–Crippen LogP) is 5.20. The van der Waals surface area contributed by atoms with E-state index >= 15 is 0 Å². The van der Waals surface area contributed by atoms with Crippen LogP contribution in [0.25, 0.3) is 0 Å². The molecule has 0 amide bonds. The molecular weight excluding hydrogens is 416 g/mol. The molecule has 0 N–H and O–H groups in total. The van der Waals surface area contributed by atoms with Crippen molar-refractivity contribution >= 4 is 23.2 Å². The van der Waals surface area contributed by atoms with E-state index in [1.807, 2.05) is 6.07 Å². The first kappa shape index (κ1) is 20.2. The summed E-state index contributed by atoms with van der Waals surface area (Å²) in [5, 5.41) is -0.162. The molecule has 2 heterocycles. The van der Waals surface area contributed by atoms with Crippen molar-refractivity contribution in [3.8, 4) is 5.75 Å². The van der Waals surface area contributed by atoms with Gasteiger partial charge in [0.15, 0.2) is 0 Å². The highest BCUT2D eigenvalue weighted by Crippen LogP contribution is 2.30. The summed E-state index contributed by atoms with van der Waals surface area (Å²) in [5.74, 6) is 0.383. The summed E-state index contributed by atoms with van der Waals surface area (Å²) in [7, 11) is 0. The summed E-state index contributed by atoms with van der Waals surface area (Å²) < 4.78 is 45.8. The maximum Gasteiger partial charge on any atom is 0.417 e. The highest BCUT2D eigenvalue weighted by molar-refractivity contribution is 6.30. The van der Waals surface area contributed by atoms with Crippen LogP contribution in [0.4, 0.5) is 13.2 Å². The van der Waals surface area contributed by atoms with Crippen LogP contribution in [0.5, 0.6) is 5.75 Å². The third-order valence-corrected chi connectivity index (χ3v) is 4.36. The average Bonchev–Trinajstić information content (AvgIpc) is 2.64. The fourth-order valence-corrected chi connectivity index (χ4v) is 2.93. The van der Waals surface area contributed by atoms with Crippen LogP contribution >= 0.6 is 23.2 Å². The van der Waals surface area contributed by atoms with E-state index in [0.29, 0.717) is 22.4 Å². The molecule has 146 valence electrons. The first-order valence-electron chi connectivity index (χ1n) is 8.01. The first-order valence-corrected chi connectivity index (χ1v) is 8.77. The van der Waals surface area contributed by atoms with Crippen molar-refractivity contribution in [3.05, 3.63) is 92.1 Å². The zero-order valence-corrected chi connectivity index (χ0v) is 15.7. The van der Waals surface area contributed by atoms with E-state index in [1.54, 1.807) is 30.6 Å². The van der Waals surface area contributed by atoms with Crippen molar-refractivity contribution < 1.29 is 17.9 Å². The quantitative estimate of drug-likeness (QED) is 0.561. The number of halogens is 5. The molecule has 0 spiro atoms. The number of hydrogen-bond donors (Lipinski definition) is 0. The number of rotatable bonds is 5. The van der Waals surface area contributed by atoms with E-state index in [1.165, 1.54) is 6.07 Å². The van der Waals surface area contributed by atoms with Crippen molar-refractivity contribution in [3.63, 3.8) is 0 Å². The lowest BCUT2D eigenvalue weighted by Gasteiger charge is -2.15. The summed E-state index contributed by atoms with van der Waals surface area (Å²) in [6, 6.07) is 8.89. The molecule has 28 heavy (non-hydrogen) atoms. The maximum atomic E-state index is 13.0. The smallest absolute Gasteiger partial charge is 0.417 e. The SMILES string of the molecule is O=c1c(Cl)cc(C(F)(F)F)cn1Cc1cc(Cl)ccc1OCc1cccnc1. The van der Waals surface area contributed by atoms with E-state index in [4.69, 9.17) is 27.9 Å². The second kappa shape index (κ2) is 8.24. The molecule has 0 atom stereocenters. The van der Waals surface area contributed by atoms with Gasteiger partial charge in [0.05, 0.1) is 12.1 Å². The van der Waals surface area contributed by atoms with Gasteiger partial charge in [-0.2, -0.15) is 13.2 Å². The van der Waals surface area contributed by atoms with Crippen LogP contribution in [-0.4, -0.2) is 9.55 Å². The molecule has 1 aromatic carbocycles. The summed E-state index contributed by atoms with van der Waals surface area (Å²) in [6.45, 7) is 0.00608. The summed E-state index contributed by atoms with van der Waals surface area (Å²) in [5.41, 5.74) is -0.513. The lowest BCUT2D eigenvalue weighted by atomic mass is 10.2. The third-order valence-electron chi connectivity index (χ3n) is 3.85. The van der Waals surface area contributed by atoms with Gasteiger partial charge in [0.25, 0.3) is 5.56 Å². The average molecular weight is 429 g/mol. The molecule has 0 radical (unpaired) electrons. The Labute approximate surface area is 168 Å². The minimum Gasteiger partial charge on any atom is -0.488 e. The minimum atomic E-state index is -4.63. The number of benzene rings is 1. The molecule has 9 heteroatoms. The number of aromatic nitrogens is 2. The molecule has 4 nitrogen and oxygen atoms in total. The first-order chi connectivity index (χ1) is 13.2. The number of nitrogens with zero attached hydrogens (tertiary/aromatic N) is 2. The van der Waals surface area contributed by atoms with Gasteiger partial charge in [-0.1, -0.05) is 29.3 Å². The number of ether oxygens (including phenoxy) is 1. The van der Waals surface area contributed by atoms with Gasteiger partial charge < -0.3 is 9.30 Å². The van der Waals surface area contributed by atoms with E-state index in [-0.39, 0.29) is 13.2 Å². The molecular formula is C19H13Cl2F3N2O2. The van der Waals surface area contributed by atoms with Gasteiger partial charge in [-0.25, -0.2) is 0 Å². The number of alkyl halides is 3. The monoisotopic (exact) mass is 428 g/mol. The molecule has 0 aliphatic carbocycles. The molecule has 2 aromatic heterocycles. The lowest BCUT2D eigenvalue weighted by Crippen LogP contribution is -2.23. The van der Waals surface area contributed by atoms with Crippen molar-refractivity contribution in [1.82, 2.24) is 9.55 Å². The zero-order chi connectivity index (χ0) is 20.3. The van der Waals surface area contributed by atoms with Crippen LogP contribution in [0.15, 0.2) is 59.8 Å². The molecule has 0 saturated carbocycles. The van der Waals surface area contributed by atoms with E-state index in [0.717, 1.165) is 16.3 Å². The van der Waals surface area contributed by atoms with Crippen LogP contribution in [0.3, 0.4) is 0 Å². The third kappa shape index (κ3) is 4.85. The van der Waals surface area contributed by atoms with Crippen LogP contribution in [0.2, 0.25) is 10.0 Å². The fraction of sp³-hybridized carbons (Fsp3) is 0.158. The summed E-state index contributed by atoms with van der Waals surface area (Å²) >= 11 is 11.7. The molecule has 0 saturated heterocycles. The summed E-state index contributed by atoms with van der Waals surface area (Å²) in [4.78, 5) is 16.2. The highest BCUT2D eigenvalue weighted by atomic mass is 35.5. The van der Waals surface area contributed by atoms with E-state index < -0.39 is 22.3 Å². The van der Waals surface area contributed by atoms with Crippen molar-refractivity contribution in [1.29, 1.82) is 0 Å². The Balaban J connectivity index is 1.93. The molecule has 3 rings (SSSR count). The van der Waals surface area contributed by atoms with Crippen molar-refractivity contribution in [2.24, 2.45) is 0 Å². The lowest BCUT2D eigenvalue weighted by molar-refractivity contribution is -0.138. The largest absolute Gasteiger partial charge is 0.488 e. The maximum absolute atomic E-state index is 13.0. The molecule has 0 fully saturated rings. The minimum absolute atomic E-state index is 0.189. The second-order valence-electron chi connectivity index (χ2n) is 5.91. The molecule has 0 unspecified atom stereocenters. The van der Waals surface area contributed by atoms with Crippen LogP contribution in [0, 0.1) is 0 Å². The van der Waals surface area contributed by atoms with Gasteiger partial charge in [0.2, 0.25) is 0 Å². The molecule has 0 aliphatic heterocycles. The van der Waals surface area contributed by atoms with Gasteiger partial charge in [0, 0.05) is 34.7 Å². The van der Waals surface area contributed by atoms with Gasteiger partial charge in [-0.15, -0.1) is 0 Å². The predicted molar refractivity (Wildman–Crippen MR) is 99.8 cm³/mol. The fourth-order valence-electron chi connectivity index (χ4n) is 2.51. The Morgan fingerprint density at radius 3 is 2.61 bits per heavy atom. The number of hydrogen-bond acceptors (Lipinski definition) is 3. The Hall–Kier alpha value is -2.51. The highest BCUT2D eigenvalue weighted by Gasteiger charge is 2.32. The normalized spacial score (nSPS) is 11.5. The van der Waals surface area contributed by atoms with E-state index in [9.17, 15) is 18.0 Å². The Bertz CT molecular complexity index is 1040. The van der Waals surface area contributed by atoms with Crippen LogP contribution in [-0.2, 0) is 19.3 Å². The Morgan fingerprint density at radius 2 is 1.93 bits per heavy atom.